The molecule has 0 bridgehead atoms. The molecular formula is C4H4Br2N2O. The molecule has 5 heteroatoms. The quantitative estimate of drug-likeness (QED) is 0.607. The number of carbonyl (C=O) groups excluding carboxylic acids is 1. The lowest BCUT2D eigenvalue weighted by Crippen LogP contribution is -2.08. The van der Waals surface area contributed by atoms with E-state index in [1.54, 1.807) is 0 Å². The van der Waals surface area contributed by atoms with E-state index in [0.29, 0.717) is 0 Å². The molecule has 0 atom stereocenters. The smallest absolute Gasteiger partial charge is 0.244 e. The topological polar surface area (TPSA) is 41.8 Å². The Kier molecular flexibility index (Phi) is 3.88. The normalized spacial score (nSPS) is 17.7. The highest BCUT2D eigenvalue weighted by molar-refractivity contribution is 9.10. The number of amides is 2. The minimum absolute atomic E-state index is 0. The molecule has 3 nitrogen and oxygen atoms in total. The fraction of sp³-hybridized carbons (Fsp3) is 0.250. The van der Waals surface area contributed by atoms with Crippen LogP contribution in [0.25, 0.3) is 0 Å². The van der Waals surface area contributed by atoms with Crippen molar-refractivity contribution < 1.29 is 4.79 Å². The van der Waals surface area contributed by atoms with E-state index >= 15 is 0 Å². The van der Waals surface area contributed by atoms with Gasteiger partial charge in [-0.1, -0.05) is 15.9 Å². The zero-order valence-corrected chi connectivity index (χ0v) is 7.62. The number of aliphatic imine (C=N–C) groups is 2. The van der Waals surface area contributed by atoms with Crippen molar-refractivity contribution in [3.05, 3.63) is 0 Å². The molecule has 0 saturated heterocycles. The second-order valence-electron chi connectivity index (χ2n) is 1.28. The number of nitrogens with zero attached hydrogens (tertiary/aromatic N) is 2. The first-order valence-corrected chi connectivity index (χ1v) is 2.97. The zero-order chi connectivity index (χ0) is 5.98. The van der Waals surface area contributed by atoms with Gasteiger partial charge in [-0.15, -0.1) is 17.0 Å². The van der Waals surface area contributed by atoms with Crippen LogP contribution in [0.15, 0.2) is 9.98 Å². The number of rotatable bonds is 0. The zero-order valence-electron chi connectivity index (χ0n) is 4.32. The molecule has 1 rings (SSSR count). The second-order valence-corrected chi connectivity index (χ2v) is 2.34. The molecule has 0 aliphatic carbocycles. The standard InChI is InChI=1S/C4H3BrN2O.BrH/c5-3-1-6-4(8)7-2-3;/h1-3H;1H. The Labute approximate surface area is 71.2 Å². The third-order valence-corrected chi connectivity index (χ3v) is 1.13. The lowest BCUT2D eigenvalue weighted by molar-refractivity contribution is 0.257. The lowest BCUT2D eigenvalue weighted by atomic mass is 10.5. The predicted molar refractivity (Wildman–Crippen MR) is 45.4 cm³/mol. The van der Waals surface area contributed by atoms with E-state index in [9.17, 15) is 4.79 Å². The van der Waals surface area contributed by atoms with Crippen molar-refractivity contribution in [2.45, 2.75) is 4.83 Å². The van der Waals surface area contributed by atoms with E-state index in [4.69, 9.17) is 0 Å². The SMILES string of the molecule is Br.O=C1N=CC(Br)C=N1. The van der Waals surface area contributed by atoms with Crippen molar-refractivity contribution in [1.82, 2.24) is 0 Å². The van der Waals surface area contributed by atoms with Crippen molar-refractivity contribution in [1.29, 1.82) is 0 Å². The average Bonchev–Trinajstić information content (AvgIpc) is 1.77. The molecule has 1 heterocycles. The highest BCUT2D eigenvalue weighted by Crippen LogP contribution is 1.97. The van der Waals surface area contributed by atoms with E-state index in [2.05, 4.69) is 25.9 Å². The minimum Gasteiger partial charge on any atom is -0.244 e. The van der Waals surface area contributed by atoms with Gasteiger partial charge in [-0.2, -0.15) is 0 Å². The number of hydrogen-bond donors (Lipinski definition) is 0. The Morgan fingerprint density at radius 1 is 1.44 bits per heavy atom. The van der Waals surface area contributed by atoms with Crippen molar-refractivity contribution in [2.75, 3.05) is 0 Å². The van der Waals surface area contributed by atoms with Gasteiger partial charge < -0.3 is 0 Å². The van der Waals surface area contributed by atoms with Gasteiger partial charge in [-0.25, -0.2) is 14.8 Å². The molecule has 0 unspecified atom stereocenters. The molecule has 0 saturated carbocycles. The number of halogens is 2. The highest BCUT2D eigenvalue weighted by Gasteiger charge is 2.02. The molecule has 0 aromatic heterocycles. The Hall–Kier alpha value is -0.0300. The maximum Gasteiger partial charge on any atom is 0.366 e. The maximum atomic E-state index is 10.2. The van der Waals surface area contributed by atoms with Crippen LogP contribution >= 0.6 is 32.9 Å². The van der Waals surface area contributed by atoms with Gasteiger partial charge in [-0.05, 0) is 0 Å². The molecule has 50 valence electrons. The molecule has 0 spiro atoms. The molecule has 1 aliphatic heterocycles. The van der Waals surface area contributed by atoms with Crippen molar-refractivity contribution >= 4 is 51.4 Å². The maximum absolute atomic E-state index is 10.2. The predicted octanol–water partition coefficient (Wildman–Crippen LogP) is 1.60. The number of hydrogen-bond acceptors (Lipinski definition) is 1. The van der Waals surface area contributed by atoms with E-state index in [1.165, 1.54) is 12.4 Å². The van der Waals surface area contributed by atoms with Crippen molar-refractivity contribution in [3.8, 4) is 0 Å². The molecule has 0 aromatic rings. The summed E-state index contributed by atoms with van der Waals surface area (Å²) < 4.78 is 0. The molecule has 0 radical (unpaired) electrons. The van der Waals surface area contributed by atoms with Crippen LogP contribution in [0, 0.1) is 0 Å². The third-order valence-electron chi connectivity index (χ3n) is 0.655. The van der Waals surface area contributed by atoms with E-state index in [0.717, 1.165) is 0 Å². The molecule has 9 heavy (non-hydrogen) atoms. The van der Waals surface area contributed by atoms with Gasteiger partial charge >= 0.3 is 6.03 Å². The van der Waals surface area contributed by atoms with Crippen LogP contribution in [0.4, 0.5) is 4.79 Å². The Morgan fingerprint density at radius 3 is 2.22 bits per heavy atom. The molecular weight excluding hydrogens is 252 g/mol. The summed E-state index contributed by atoms with van der Waals surface area (Å²) in [6.45, 7) is 0. The van der Waals surface area contributed by atoms with Crippen molar-refractivity contribution in [2.24, 2.45) is 9.98 Å². The van der Waals surface area contributed by atoms with Gasteiger partial charge in [0.05, 0.1) is 4.83 Å². The van der Waals surface area contributed by atoms with Gasteiger partial charge in [0.25, 0.3) is 0 Å². The Balaban J connectivity index is 0.000000640. The third kappa shape index (κ3) is 2.86. The first-order chi connectivity index (χ1) is 3.79. The van der Waals surface area contributed by atoms with E-state index in [-0.39, 0.29) is 21.8 Å². The molecule has 2 amide bonds. The fourth-order valence-corrected chi connectivity index (χ4v) is 0.578. The summed E-state index contributed by atoms with van der Waals surface area (Å²) in [4.78, 5) is 17.0. The van der Waals surface area contributed by atoms with Crippen LogP contribution in [-0.2, 0) is 0 Å². The van der Waals surface area contributed by atoms with Gasteiger partial charge in [0, 0.05) is 12.4 Å². The van der Waals surface area contributed by atoms with Crippen LogP contribution in [0.5, 0.6) is 0 Å². The molecule has 0 fully saturated rings. The molecule has 0 aromatic carbocycles. The second kappa shape index (κ2) is 3.90. The largest absolute Gasteiger partial charge is 0.366 e. The summed E-state index contributed by atoms with van der Waals surface area (Å²) in [6, 6.07) is -0.430. The summed E-state index contributed by atoms with van der Waals surface area (Å²) in [5, 5.41) is 0. The van der Waals surface area contributed by atoms with Crippen LogP contribution < -0.4 is 0 Å². The van der Waals surface area contributed by atoms with Gasteiger partial charge in [0.1, 0.15) is 0 Å². The lowest BCUT2D eigenvalue weighted by Gasteiger charge is -1.95. The number of carbonyl (C=O) groups is 1. The number of alkyl halides is 1. The van der Waals surface area contributed by atoms with Crippen molar-refractivity contribution in [3.63, 3.8) is 0 Å². The van der Waals surface area contributed by atoms with Crippen LogP contribution in [-0.4, -0.2) is 23.3 Å². The van der Waals surface area contributed by atoms with E-state index < -0.39 is 6.03 Å². The summed E-state index contributed by atoms with van der Waals surface area (Å²) in [5.74, 6) is 0. The summed E-state index contributed by atoms with van der Waals surface area (Å²) in [5.41, 5.74) is 0. The Bertz CT molecular complexity index is 150. The van der Waals surface area contributed by atoms with Crippen LogP contribution in [0.3, 0.4) is 0 Å². The fourth-order valence-electron chi connectivity index (χ4n) is 0.342. The average molecular weight is 256 g/mol. The monoisotopic (exact) mass is 254 g/mol. The first kappa shape index (κ1) is 8.97. The molecule has 1 aliphatic rings. The minimum atomic E-state index is -0.430. The summed E-state index contributed by atoms with van der Waals surface area (Å²) in [7, 11) is 0. The Morgan fingerprint density at radius 2 is 1.89 bits per heavy atom. The van der Waals surface area contributed by atoms with Crippen LogP contribution in [0.1, 0.15) is 0 Å². The number of urea groups is 1. The first-order valence-electron chi connectivity index (χ1n) is 2.05. The summed E-state index contributed by atoms with van der Waals surface area (Å²) in [6.07, 6.45) is 2.99. The van der Waals surface area contributed by atoms with Gasteiger partial charge in [0.2, 0.25) is 0 Å². The summed E-state index contributed by atoms with van der Waals surface area (Å²) >= 11 is 3.16. The van der Waals surface area contributed by atoms with Crippen LogP contribution in [0.2, 0.25) is 0 Å². The highest BCUT2D eigenvalue weighted by atomic mass is 79.9. The van der Waals surface area contributed by atoms with E-state index in [1.807, 2.05) is 0 Å². The van der Waals surface area contributed by atoms with Gasteiger partial charge in [-0.3, -0.25) is 0 Å². The van der Waals surface area contributed by atoms with Gasteiger partial charge in [0.15, 0.2) is 0 Å². The molecule has 0 N–H and O–H groups in total.